The highest BCUT2D eigenvalue weighted by molar-refractivity contribution is 14.0. The van der Waals surface area contributed by atoms with E-state index >= 15 is 0 Å². The highest BCUT2D eigenvalue weighted by Gasteiger charge is 2.22. The second kappa shape index (κ2) is 13.6. The Morgan fingerprint density at radius 1 is 1.22 bits per heavy atom. The highest BCUT2D eigenvalue weighted by Crippen LogP contribution is 2.21. The zero-order valence-corrected chi connectivity index (χ0v) is 22.4. The summed E-state index contributed by atoms with van der Waals surface area (Å²) in [5.41, 5.74) is 2.32. The van der Waals surface area contributed by atoms with Gasteiger partial charge in [-0.2, -0.15) is 0 Å². The van der Waals surface area contributed by atoms with Crippen LogP contribution in [0, 0.1) is 5.92 Å². The number of nitrogens with one attached hydrogen (secondary N) is 2. The van der Waals surface area contributed by atoms with Crippen molar-refractivity contribution in [1.29, 1.82) is 0 Å². The summed E-state index contributed by atoms with van der Waals surface area (Å²) in [6, 6.07) is 10.6. The lowest BCUT2D eigenvalue weighted by atomic mass is 9.90. The van der Waals surface area contributed by atoms with Crippen LogP contribution >= 0.6 is 35.3 Å². The van der Waals surface area contributed by atoms with Crippen molar-refractivity contribution in [2.24, 2.45) is 10.9 Å². The topological polar surface area (TPSA) is 72.9 Å². The minimum Gasteiger partial charge on any atom is -0.357 e. The SMILES string of the molecule is CCNC(=NCc1csc(N(C)C)n1)NCC(=O)N1CCC(Cc2ccccc2)CC1.I. The first-order valence-electron chi connectivity index (χ1n) is 11.0. The van der Waals surface area contributed by atoms with E-state index < -0.39 is 0 Å². The number of guanidine groups is 1. The number of piperidine rings is 1. The van der Waals surface area contributed by atoms with Crippen molar-refractivity contribution in [3.63, 3.8) is 0 Å². The quantitative estimate of drug-likeness (QED) is 0.290. The van der Waals surface area contributed by atoms with E-state index in [-0.39, 0.29) is 36.4 Å². The molecular formula is C23H35IN6OS. The molecule has 7 nitrogen and oxygen atoms in total. The van der Waals surface area contributed by atoms with Crippen molar-refractivity contribution in [3.8, 4) is 0 Å². The standard InChI is InChI=1S/C23H34N6OS.HI/c1-4-24-22(25-15-20-17-31-23(27-20)28(2)3)26-16-21(30)29-12-10-19(11-13-29)14-18-8-6-5-7-9-18;/h5-9,17,19H,4,10-16H2,1-3H3,(H2,24,25,26);1H. The van der Waals surface area contributed by atoms with Crippen molar-refractivity contribution in [1.82, 2.24) is 20.5 Å². The number of aliphatic imine (C=N–C) groups is 1. The predicted octanol–water partition coefficient (Wildman–Crippen LogP) is 3.36. The van der Waals surface area contributed by atoms with Crippen LogP contribution in [0.25, 0.3) is 0 Å². The van der Waals surface area contributed by atoms with Gasteiger partial charge in [-0.3, -0.25) is 4.79 Å². The van der Waals surface area contributed by atoms with Crippen LogP contribution in [0.5, 0.6) is 0 Å². The Morgan fingerprint density at radius 3 is 2.56 bits per heavy atom. The van der Waals surface area contributed by atoms with Gasteiger partial charge in [0.1, 0.15) is 0 Å². The summed E-state index contributed by atoms with van der Waals surface area (Å²) in [6.07, 6.45) is 3.23. The zero-order valence-electron chi connectivity index (χ0n) is 19.2. The number of benzene rings is 1. The van der Waals surface area contributed by atoms with E-state index in [0.29, 0.717) is 18.4 Å². The fourth-order valence-electron chi connectivity index (χ4n) is 3.68. The summed E-state index contributed by atoms with van der Waals surface area (Å²) in [7, 11) is 3.96. The maximum absolute atomic E-state index is 12.7. The van der Waals surface area contributed by atoms with Crippen molar-refractivity contribution in [2.45, 2.75) is 32.7 Å². The molecule has 2 N–H and O–H groups in total. The summed E-state index contributed by atoms with van der Waals surface area (Å²) in [6.45, 7) is 5.16. The lowest BCUT2D eigenvalue weighted by Gasteiger charge is -2.32. The number of rotatable bonds is 8. The van der Waals surface area contributed by atoms with Gasteiger partial charge in [-0.1, -0.05) is 30.3 Å². The molecule has 1 aliphatic heterocycles. The fourth-order valence-corrected chi connectivity index (χ4v) is 4.43. The van der Waals surface area contributed by atoms with E-state index in [2.05, 4.69) is 50.9 Å². The number of likely N-dealkylation sites (tertiary alicyclic amines) is 1. The fraction of sp³-hybridized carbons (Fsp3) is 0.522. The molecule has 1 aromatic heterocycles. The number of anilines is 1. The summed E-state index contributed by atoms with van der Waals surface area (Å²) in [5, 5.41) is 9.38. The Balaban J connectivity index is 0.00000363. The van der Waals surface area contributed by atoms with Gasteiger partial charge >= 0.3 is 0 Å². The highest BCUT2D eigenvalue weighted by atomic mass is 127. The molecule has 1 amide bonds. The molecule has 1 fully saturated rings. The van der Waals surface area contributed by atoms with Gasteiger partial charge in [-0.05, 0) is 37.7 Å². The van der Waals surface area contributed by atoms with Gasteiger partial charge in [-0.25, -0.2) is 9.98 Å². The molecule has 0 spiro atoms. The number of amides is 1. The minimum absolute atomic E-state index is 0. The van der Waals surface area contributed by atoms with E-state index in [1.807, 2.05) is 36.2 Å². The van der Waals surface area contributed by atoms with Gasteiger partial charge < -0.3 is 20.4 Å². The molecule has 1 aromatic carbocycles. The molecule has 0 saturated carbocycles. The number of hydrogen-bond acceptors (Lipinski definition) is 5. The van der Waals surface area contributed by atoms with E-state index in [0.717, 1.165) is 49.7 Å². The minimum atomic E-state index is 0. The van der Waals surface area contributed by atoms with E-state index in [9.17, 15) is 4.79 Å². The summed E-state index contributed by atoms with van der Waals surface area (Å²) in [4.78, 5) is 25.8. The first-order chi connectivity index (χ1) is 15.0. The molecule has 0 unspecified atom stereocenters. The molecule has 3 rings (SSSR count). The Labute approximate surface area is 212 Å². The van der Waals surface area contributed by atoms with Crippen molar-refractivity contribution in [3.05, 3.63) is 47.0 Å². The number of aromatic nitrogens is 1. The summed E-state index contributed by atoms with van der Waals surface area (Å²) in [5.74, 6) is 1.44. The first kappa shape index (κ1) is 26.4. The monoisotopic (exact) mass is 570 g/mol. The lowest BCUT2D eigenvalue weighted by molar-refractivity contribution is -0.131. The average molecular weight is 571 g/mol. The normalized spacial score (nSPS) is 14.6. The van der Waals surface area contributed by atoms with Crippen LogP contribution in [0.3, 0.4) is 0 Å². The third-order valence-corrected chi connectivity index (χ3v) is 6.46. The van der Waals surface area contributed by atoms with E-state index in [1.165, 1.54) is 5.56 Å². The van der Waals surface area contributed by atoms with Crippen molar-refractivity contribution < 1.29 is 4.79 Å². The summed E-state index contributed by atoms with van der Waals surface area (Å²) < 4.78 is 0. The molecule has 2 heterocycles. The van der Waals surface area contributed by atoms with Crippen LogP contribution in [0.1, 0.15) is 31.0 Å². The number of nitrogens with zero attached hydrogens (tertiary/aromatic N) is 4. The van der Waals surface area contributed by atoms with Crippen LogP contribution < -0.4 is 15.5 Å². The molecule has 1 saturated heterocycles. The van der Waals surface area contributed by atoms with E-state index in [4.69, 9.17) is 0 Å². The molecule has 176 valence electrons. The predicted molar refractivity (Wildman–Crippen MR) is 144 cm³/mol. The van der Waals surface area contributed by atoms with Gasteiger partial charge in [0.15, 0.2) is 11.1 Å². The number of carbonyl (C=O) groups excluding carboxylic acids is 1. The number of carbonyl (C=O) groups is 1. The lowest BCUT2D eigenvalue weighted by Crippen LogP contribution is -2.47. The molecule has 1 aliphatic rings. The van der Waals surface area contributed by atoms with Crippen molar-refractivity contribution >= 4 is 52.3 Å². The Hall–Kier alpha value is -1.88. The molecule has 9 heteroatoms. The van der Waals surface area contributed by atoms with Crippen LogP contribution in [0.2, 0.25) is 0 Å². The molecular weight excluding hydrogens is 535 g/mol. The molecule has 0 bridgehead atoms. The number of hydrogen-bond donors (Lipinski definition) is 2. The van der Waals surface area contributed by atoms with Crippen LogP contribution in [0.4, 0.5) is 5.13 Å². The van der Waals surface area contributed by atoms with Gasteiger partial charge in [0.25, 0.3) is 0 Å². The Morgan fingerprint density at radius 2 is 1.94 bits per heavy atom. The van der Waals surface area contributed by atoms with Gasteiger partial charge in [0, 0.05) is 39.1 Å². The van der Waals surface area contributed by atoms with Crippen molar-refractivity contribution in [2.75, 3.05) is 45.2 Å². The summed E-state index contributed by atoms with van der Waals surface area (Å²) >= 11 is 1.60. The maximum Gasteiger partial charge on any atom is 0.241 e. The second-order valence-electron chi connectivity index (χ2n) is 8.08. The number of thiazole rings is 1. The smallest absolute Gasteiger partial charge is 0.241 e. The van der Waals surface area contributed by atoms with Gasteiger partial charge in [0.2, 0.25) is 5.91 Å². The molecule has 32 heavy (non-hydrogen) atoms. The van der Waals surface area contributed by atoms with Gasteiger partial charge in [-0.15, -0.1) is 35.3 Å². The third kappa shape index (κ3) is 8.23. The maximum atomic E-state index is 12.7. The number of halogens is 1. The van der Waals surface area contributed by atoms with E-state index in [1.54, 1.807) is 11.3 Å². The zero-order chi connectivity index (χ0) is 22.1. The third-order valence-electron chi connectivity index (χ3n) is 5.41. The molecule has 0 aliphatic carbocycles. The largest absolute Gasteiger partial charge is 0.357 e. The molecule has 2 aromatic rings. The van der Waals surface area contributed by atoms with Crippen LogP contribution in [-0.2, 0) is 17.8 Å². The second-order valence-corrected chi connectivity index (χ2v) is 8.92. The van der Waals surface area contributed by atoms with Crippen LogP contribution in [0.15, 0.2) is 40.7 Å². The molecule has 0 atom stereocenters. The Bertz CT molecular complexity index is 849. The Kier molecular flexibility index (Phi) is 11.2. The first-order valence-corrected chi connectivity index (χ1v) is 11.9. The average Bonchev–Trinajstić information content (AvgIpc) is 3.26. The van der Waals surface area contributed by atoms with Crippen LogP contribution in [-0.4, -0.2) is 62.0 Å². The van der Waals surface area contributed by atoms with Gasteiger partial charge in [0.05, 0.1) is 18.8 Å². The molecule has 0 radical (unpaired) electrons.